The predicted octanol–water partition coefficient (Wildman–Crippen LogP) is 2.00. The maximum absolute atomic E-state index is 5.34. The van der Waals surface area contributed by atoms with Crippen molar-refractivity contribution in [3.8, 4) is 0 Å². The van der Waals surface area contributed by atoms with E-state index in [0.717, 1.165) is 32.8 Å². The maximum Gasteiger partial charge on any atom is 0.0594 e. The fraction of sp³-hybridized carbons (Fsp3) is 0.385. The van der Waals surface area contributed by atoms with Crippen LogP contribution >= 0.6 is 0 Å². The number of H-pyrrole nitrogens is 1. The molecule has 16 heavy (non-hydrogen) atoms. The average Bonchev–Trinajstić information content (AvgIpc) is 2.72. The molecule has 0 saturated carbocycles. The number of rotatable bonds is 2. The Kier molecular flexibility index (Phi) is 2.64. The van der Waals surface area contributed by atoms with E-state index in [2.05, 4.69) is 40.2 Å². The van der Waals surface area contributed by atoms with Crippen LogP contribution in [0, 0.1) is 0 Å². The predicted molar refractivity (Wildman–Crippen MR) is 64.4 cm³/mol. The molecule has 1 aliphatic heterocycles. The van der Waals surface area contributed by atoms with E-state index >= 15 is 0 Å². The Morgan fingerprint density at radius 3 is 2.81 bits per heavy atom. The van der Waals surface area contributed by atoms with Gasteiger partial charge < -0.3 is 9.72 Å². The standard InChI is InChI=1S/C13H16N2O/c1-2-4-13-11(3-1)9-12(14-13)10-15-5-7-16-8-6-15/h1-4,9,14H,5-8,10H2. The molecule has 1 fully saturated rings. The van der Waals surface area contributed by atoms with E-state index in [1.165, 1.54) is 16.6 Å². The molecule has 3 rings (SSSR count). The summed E-state index contributed by atoms with van der Waals surface area (Å²) < 4.78 is 5.34. The summed E-state index contributed by atoms with van der Waals surface area (Å²) in [4.78, 5) is 5.89. The zero-order valence-electron chi connectivity index (χ0n) is 9.28. The number of nitrogens with one attached hydrogen (secondary N) is 1. The van der Waals surface area contributed by atoms with Crippen molar-refractivity contribution in [1.29, 1.82) is 0 Å². The number of nitrogens with zero attached hydrogens (tertiary/aromatic N) is 1. The number of aromatic amines is 1. The van der Waals surface area contributed by atoms with Crippen LogP contribution < -0.4 is 0 Å². The minimum Gasteiger partial charge on any atom is -0.379 e. The number of morpholine rings is 1. The quantitative estimate of drug-likeness (QED) is 0.831. The van der Waals surface area contributed by atoms with Crippen molar-refractivity contribution in [2.75, 3.05) is 26.3 Å². The van der Waals surface area contributed by atoms with Gasteiger partial charge in [-0.3, -0.25) is 4.90 Å². The number of ether oxygens (including phenoxy) is 1. The van der Waals surface area contributed by atoms with Crippen molar-refractivity contribution in [2.45, 2.75) is 6.54 Å². The van der Waals surface area contributed by atoms with Crippen molar-refractivity contribution < 1.29 is 4.74 Å². The van der Waals surface area contributed by atoms with Gasteiger partial charge in [-0.1, -0.05) is 18.2 Å². The first-order valence-electron chi connectivity index (χ1n) is 5.78. The molecule has 1 aromatic carbocycles. The van der Waals surface area contributed by atoms with E-state index in [0.29, 0.717) is 0 Å². The van der Waals surface area contributed by atoms with Crippen LogP contribution in [0.2, 0.25) is 0 Å². The zero-order chi connectivity index (χ0) is 10.8. The molecular formula is C13H16N2O. The fourth-order valence-electron chi connectivity index (χ4n) is 2.22. The molecule has 1 aromatic heterocycles. The summed E-state index contributed by atoms with van der Waals surface area (Å²) in [5.41, 5.74) is 2.52. The highest BCUT2D eigenvalue weighted by atomic mass is 16.5. The molecule has 0 bridgehead atoms. The molecule has 0 radical (unpaired) electrons. The first kappa shape index (κ1) is 9.87. The third-order valence-corrected chi connectivity index (χ3v) is 3.08. The largest absolute Gasteiger partial charge is 0.379 e. The Balaban J connectivity index is 1.78. The third kappa shape index (κ3) is 1.96. The van der Waals surface area contributed by atoms with Gasteiger partial charge in [-0.15, -0.1) is 0 Å². The second-order valence-corrected chi connectivity index (χ2v) is 4.27. The molecule has 0 spiro atoms. The number of para-hydroxylation sites is 1. The summed E-state index contributed by atoms with van der Waals surface area (Å²) in [7, 11) is 0. The Labute approximate surface area is 95.0 Å². The van der Waals surface area contributed by atoms with E-state index in [9.17, 15) is 0 Å². The van der Waals surface area contributed by atoms with Crippen LogP contribution in [0.5, 0.6) is 0 Å². The summed E-state index contributed by atoms with van der Waals surface area (Å²) in [5, 5.41) is 1.30. The SMILES string of the molecule is c1ccc2[nH]c(CN3CCOCC3)cc2c1. The highest BCUT2D eigenvalue weighted by molar-refractivity contribution is 5.80. The van der Waals surface area contributed by atoms with Crippen molar-refractivity contribution >= 4 is 10.9 Å². The number of fused-ring (bicyclic) bond motifs is 1. The van der Waals surface area contributed by atoms with Gasteiger partial charge in [0.05, 0.1) is 13.2 Å². The van der Waals surface area contributed by atoms with Gasteiger partial charge in [-0.05, 0) is 17.5 Å². The van der Waals surface area contributed by atoms with Crippen LogP contribution in [0.25, 0.3) is 10.9 Å². The van der Waals surface area contributed by atoms with Crippen LogP contribution in [-0.2, 0) is 11.3 Å². The third-order valence-electron chi connectivity index (χ3n) is 3.08. The average molecular weight is 216 g/mol. The summed E-state index contributed by atoms with van der Waals surface area (Å²) in [6, 6.07) is 10.7. The van der Waals surface area contributed by atoms with Gasteiger partial charge in [0.2, 0.25) is 0 Å². The number of hydrogen-bond acceptors (Lipinski definition) is 2. The summed E-state index contributed by atoms with van der Waals surface area (Å²) in [5.74, 6) is 0. The maximum atomic E-state index is 5.34. The van der Waals surface area contributed by atoms with Gasteiger partial charge >= 0.3 is 0 Å². The van der Waals surface area contributed by atoms with Gasteiger partial charge in [0.1, 0.15) is 0 Å². The first-order valence-corrected chi connectivity index (χ1v) is 5.78. The van der Waals surface area contributed by atoms with E-state index in [-0.39, 0.29) is 0 Å². The Morgan fingerprint density at radius 1 is 1.19 bits per heavy atom. The van der Waals surface area contributed by atoms with Crippen molar-refractivity contribution in [2.24, 2.45) is 0 Å². The minimum atomic E-state index is 0.861. The summed E-state index contributed by atoms with van der Waals surface area (Å²) in [6.07, 6.45) is 0. The van der Waals surface area contributed by atoms with Crippen molar-refractivity contribution in [1.82, 2.24) is 9.88 Å². The lowest BCUT2D eigenvalue weighted by atomic mass is 10.2. The molecule has 2 aromatic rings. The lowest BCUT2D eigenvalue weighted by Gasteiger charge is -2.25. The number of hydrogen-bond donors (Lipinski definition) is 1. The topological polar surface area (TPSA) is 28.3 Å². The van der Waals surface area contributed by atoms with Gasteiger partial charge in [0.25, 0.3) is 0 Å². The Bertz CT molecular complexity index is 438. The highest BCUT2D eigenvalue weighted by Gasteiger charge is 2.11. The monoisotopic (exact) mass is 216 g/mol. The normalized spacial score (nSPS) is 18.0. The van der Waals surface area contributed by atoms with Crippen LogP contribution in [-0.4, -0.2) is 36.2 Å². The lowest BCUT2D eigenvalue weighted by molar-refractivity contribution is 0.0337. The van der Waals surface area contributed by atoms with Gasteiger partial charge in [0.15, 0.2) is 0 Å². The molecule has 0 aliphatic carbocycles. The second kappa shape index (κ2) is 4.28. The fourth-order valence-corrected chi connectivity index (χ4v) is 2.22. The number of benzene rings is 1. The van der Waals surface area contributed by atoms with E-state index in [1.54, 1.807) is 0 Å². The lowest BCUT2D eigenvalue weighted by Crippen LogP contribution is -2.35. The molecule has 2 heterocycles. The van der Waals surface area contributed by atoms with E-state index < -0.39 is 0 Å². The molecule has 1 saturated heterocycles. The first-order chi connectivity index (χ1) is 7.92. The Hall–Kier alpha value is -1.32. The van der Waals surface area contributed by atoms with Crippen LogP contribution in [0.1, 0.15) is 5.69 Å². The molecule has 84 valence electrons. The number of aromatic nitrogens is 1. The van der Waals surface area contributed by atoms with Crippen molar-refractivity contribution in [3.05, 3.63) is 36.0 Å². The van der Waals surface area contributed by atoms with Gasteiger partial charge in [-0.25, -0.2) is 0 Å². The summed E-state index contributed by atoms with van der Waals surface area (Å²) in [6.45, 7) is 4.79. The Morgan fingerprint density at radius 2 is 2.00 bits per heavy atom. The molecule has 0 unspecified atom stereocenters. The molecule has 1 aliphatic rings. The highest BCUT2D eigenvalue weighted by Crippen LogP contribution is 2.16. The van der Waals surface area contributed by atoms with Crippen molar-refractivity contribution in [3.63, 3.8) is 0 Å². The zero-order valence-corrected chi connectivity index (χ0v) is 9.28. The van der Waals surface area contributed by atoms with Crippen LogP contribution in [0.3, 0.4) is 0 Å². The van der Waals surface area contributed by atoms with Crippen LogP contribution in [0.4, 0.5) is 0 Å². The smallest absolute Gasteiger partial charge is 0.0594 e. The molecular weight excluding hydrogens is 200 g/mol. The van der Waals surface area contributed by atoms with Gasteiger partial charge in [-0.2, -0.15) is 0 Å². The molecule has 3 nitrogen and oxygen atoms in total. The summed E-state index contributed by atoms with van der Waals surface area (Å²) >= 11 is 0. The molecule has 1 N–H and O–H groups in total. The van der Waals surface area contributed by atoms with Crippen LogP contribution in [0.15, 0.2) is 30.3 Å². The second-order valence-electron chi connectivity index (χ2n) is 4.27. The molecule has 0 amide bonds. The van der Waals surface area contributed by atoms with Gasteiger partial charge in [0, 0.05) is 30.8 Å². The van der Waals surface area contributed by atoms with E-state index in [1.807, 2.05) is 0 Å². The van der Waals surface area contributed by atoms with E-state index in [4.69, 9.17) is 4.74 Å². The molecule has 0 atom stereocenters. The minimum absolute atomic E-state index is 0.861. The molecule has 3 heteroatoms.